The van der Waals surface area contributed by atoms with E-state index in [2.05, 4.69) is 33.3 Å². The Morgan fingerprint density at radius 1 is 1.15 bits per heavy atom. The Balaban J connectivity index is 2.06. The maximum absolute atomic E-state index is 5.41. The second-order valence-corrected chi connectivity index (χ2v) is 5.04. The first-order valence-corrected chi connectivity index (χ1v) is 7.40. The standard InChI is InChI=1S/C14H21N5O/c1-3-5-12-15-13(18-6-8-20-9-7-18)10-14-17-16-11(4-2)19(12)14/h10H,3-9H2,1-2H3. The molecule has 0 radical (unpaired) electrons. The number of hydrogen-bond donors (Lipinski definition) is 0. The third kappa shape index (κ3) is 2.35. The van der Waals surface area contributed by atoms with Crippen LogP contribution in [-0.2, 0) is 17.6 Å². The molecule has 0 amide bonds. The summed E-state index contributed by atoms with van der Waals surface area (Å²) in [5.41, 5.74) is 0.904. The summed E-state index contributed by atoms with van der Waals surface area (Å²) >= 11 is 0. The van der Waals surface area contributed by atoms with Crippen LogP contribution in [0.15, 0.2) is 6.07 Å². The molecule has 2 aromatic heterocycles. The van der Waals surface area contributed by atoms with E-state index in [0.717, 1.165) is 68.7 Å². The quantitative estimate of drug-likeness (QED) is 0.846. The van der Waals surface area contributed by atoms with Gasteiger partial charge in [-0.05, 0) is 6.42 Å². The lowest BCUT2D eigenvalue weighted by Crippen LogP contribution is -2.37. The van der Waals surface area contributed by atoms with Gasteiger partial charge < -0.3 is 9.64 Å². The van der Waals surface area contributed by atoms with Crippen molar-refractivity contribution in [2.24, 2.45) is 0 Å². The van der Waals surface area contributed by atoms with Gasteiger partial charge in [0, 0.05) is 32.0 Å². The smallest absolute Gasteiger partial charge is 0.165 e. The van der Waals surface area contributed by atoms with Gasteiger partial charge in [-0.3, -0.25) is 4.40 Å². The summed E-state index contributed by atoms with van der Waals surface area (Å²) in [4.78, 5) is 7.12. The van der Waals surface area contributed by atoms with Crippen molar-refractivity contribution >= 4 is 11.5 Å². The Morgan fingerprint density at radius 3 is 2.65 bits per heavy atom. The van der Waals surface area contributed by atoms with Crippen LogP contribution in [0.25, 0.3) is 5.65 Å². The predicted molar refractivity (Wildman–Crippen MR) is 77.2 cm³/mol. The fourth-order valence-electron chi connectivity index (χ4n) is 2.61. The number of anilines is 1. The highest BCUT2D eigenvalue weighted by Gasteiger charge is 2.17. The van der Waals surface area contributed by atoms with Crippen LogP contribution in [0.1, 0.15) is 31.9 Å². The molecule has 6 heteroatoms. The Kier molecular flexibility index (Phi) is 3.82. The van der Waals surface area contributed by atoms with E-state index in [0.29, 0.717) is 0 Å². The number of nitrogens with zero attached hydrogens (tertiary/aromatic N) is 5. The maximum Gasteiger partial charge on any atom is 0.165 e. The van der Waals surface area contributed by atoms with E-state index in [9.17, 15) is 0 Å². The molecule has 1 aliphatic heterocycles. The summed E-state index contributed by atoms with van der Waals surface area (Å²) in [5, 5.41) is 8.58. The van der Waals surface area contributed by atoms with E-state index < -0.39 is 0 Å². The summed E-state index contributed by atoms with van der Waals surface area (Å²) in [7, 11) is 0. The van der Waals surface area contributed by atoms with Crippen LogP contribution in [0.2, 0.25) is 0 Å². The van der Waals surface area contributed by atoms with Gasteiger partial charge in [-0.1, -0.05) is 13.8 Å². The summed E-state index contributed by atoms with van der Waals surface area (Å²) < 4.78 is 7.51. The first-order valence-electron chi connectivity index (χ1n) is 7.40. The number of aromatic nitrogens is 4. The molecule has 1 saturated heterocycles. The van der Waals surface area contributed by atoms with Crippen LogP contribution < -0.4 is 4.90 Å². The predicted octanol–water partition coefficient (Wildman–Crippen LogP) is 1.48. The summed E-state index contributed by atoms with van der Waals surface area (Å²) in [6, 6.07) is 2.04. The Labute approximate surface area is 118 Å². The summed E-state index contributed by atoms with van der Waals surface area (Å²) in [6.07, 6.45) is 2.88. The molecule has 0 atom stereocenters. The minimum atomic E-state index is 0.767. The number of hydrogen-bond acceptors (Lipinski definition) is 5. The van der Waals surface area contributed by atoms with Gasteiger partial charge in [-0.2, -0.15) is 0 Å². The zero-order valence-electron chi connectivity index (χ0n) is 12.2. The van der Waals surface area contributed by atoms with Gasteiger partial charge in [0.25, 0.3) is 0 Å². The number of morpholine rings is 1. The minimum Gasteiger partial charge on any atom is -0.378 e. The largest absolute Gasteiger partial charge is 0.378 e. The zero-order chi connectivity index (χ0) is 13.9. The van der Waals surface area contributed by atoms with Crippen molar-refractivity contribution in [3.8, 4) is 0 Å². The summed E-state index contributed by atoms with van der Waals surface area (Å²) in [5.74, 6) is 3.05. The van der Waals surface area contributed by atoms with E-state index in [1.54, 1.807) is 0 Å². The van der Waals surface area contributed by atoms with Crippen molar-refractivity contribution in [2.45, 2.75) is 33.1 Å². The molecule has 20 heavy (non-hydrogen) atoms. The van der Waals surface area contributed by atoms with Crippen LogP contribution in [0.5, 0.6) is 0 Å². The van der Waals surface area contributed by atoms with Crippen LogP contribution in [-0.4, -0.2) is 45.9 Å². The number of fused-ring (bicyclic) bond motifs is 1. The number of aryl methyl sites for hydroxylation is 2. The molecule has 3 heterocycles. The van der Waals surface area contributed by atoms with Gasteiger partial charge in [-0.25, -0.2) is 4.98 Å². The minimum absolute atomic E-state index is 0.767. The van der Waals surface area contributed by atoms with Crippen LogP contribution >= 0.6 is 0 Å². The van der Waals surface area contributed by atoms with Crippen molar-refractivity contribution in [1.29, 1.82) is 0 Å². The van der Waals surface area contributed by atoms with Gasteiger partial charge in [0.15, 0.2) is 5.65 Å². The lowest BCUT2D eigenvalue weighted by molar-refractivity contribution is 0.122. The molecule has 2 aromatic rings. The molecular weight excluding hydrogens is 254 g/mol. The van der Waals surface area contributed by atoms with Gasteiger partial charge in [-0.15, -0.1) is 10.2 Å². The van der Waals surface area contributed by atoms with Gasteiger partial charge in [0.2, 0.25) is 0 Å². The van der Waals surface area contributed by atoms with E-state index in [-0.39, 0.29) is 0 Å². The molecule has 6 nitrogen and oxygen atoms in total. The highest BCUT2D eigenvalue weighted by atomic mass is 16.5. The second kappa shape index (κ2) is 5.75. The van der Waals surface area contributed by atoms with Crippen LogP contribution in [0.4, 0.5) is 5.82 Å². The third-order valence-corrected chi connectivity index (χ3v) is 3.64. The van der Waals surface area contributed by atoms with E-state index >= 15 is 0 Å². The molecule has 0 bridgehead atoms. The van der Waals surface area contributed by atoms with Gasteiger partial charge >= 0.3 is 0 Å². The second-order valence-electron chi connectivity index (χ2n) is 5.04. The molecule has 1 fully saturated rings. The average molecular weight is 275 g/mol. The molecule has 0 N–H and O–H groups in total. The van der Waals surface area contributed by atoms with E-state index in [4.69, 9.17) is 9.72 Å². The molecule has 0 saturated carbocycles. The number of rotatable bonds is 4. The highest BCUT2D eigenvalue weighted by molar-refractivity contribution is 5.52. The zero-order valence-corrected chi connectivity index (χ0v) is 12.2. The maximum atomic E-state index is 5.41. The Morgan fingerprint density at radius 2 is 1.95 bits per heavy atom. The van der Waals surface area contributed by atoms with Crippen molar-refractivity contribution in [1.82, 2.24) is 19.6 Å². The monoisotopic (exact) mass is 275 g/mol. The molecule has 0 aromatic carbocycles. The van der Waals surface area contributed by atoms with Crippen LogP contribution in [0.3, 0.4) is 0 Å². The first kappa shape index (κ1) is 13.3. The molecular formula is C14H21N5O. The third-order valence-electron chi connectivity index (χ3n) is 3.64. The van der Waals surface area contributed by atoms with E-state index in [1.807, 2.05) is 6.07 Å². The van der Waals surface area contributed by atoms with Gasteiger partial charge in [0.05, 0.1) is 13.2 Å². The number of ether oxygens (including phenoxy) is 1. The molecule has 108 valence electrons. The molecule has 0 spiro atoms. The van der Waals surface area contributed by atoms with Gasteiger partial charge in [0.1, 0.15) is 17.5 Å². The fraction of sp³-hybridized carbons (Fsp3) is 0.643. The Hall–Kier alpha value is -1.69. The normalized spacial score (nSPS) is 16.0. The average Bonchev–Trinajstić information content (AvgIpc) is 2.91. The van der Waals surface area contributed by atoms with Crippen molar-refractivity contribution in [2.75, 3.05) is 31.2 Å². The van der Waals surface area contributed by atoms with Crippen LogP contribution in [0, 0.1) is 0 Å². The fourth-order valence-corrected chi connectivity index (χ4v) is 2.61. The lowest BCUT2D eigenvalue weighted by atomic mass is 10.3. The first-order chi connectivity index (χ1) is 9.83. The van der Waals surface area contributed by atoms with E-state index in [1.165, 1.54) is 0 Å². The lowest BCUT2D eigenvalue weighted by Gasteiger charge is -2.28. The SMILES string of the molecule is CCCc1nc(N2CCOCC2)cc2nnc(CC)n12. The molecule has 1 aliphatic rings. The Bertz CT molecular complexity index is 589. The van der Waals surface area contributed by atoms with Crippen molar-refractivity contribution < 1.29 is 4.74 Å². The van der Waals surface area contributed by atoms with Crippen molar-refractivity contribution in [3.63, 3.8) is 0 Å². The highest BCUT2D eigenvalue weighted by Crippen LogP contribution is 2.18. The molecule has 3 rings (SSSR count). The topological polar surface area (TPSA) is 55.5 Å². The summed E-state index contributed by atoms with van der Waals surface area (Å²) in [6.45, 7) is 7.59. The molecule has 0 aliphatic carbocycles. The molecule has 0 unspecified atom stereocenters. The van der Waals surface area contributed by atoms with Crippen molar-refractivity contribution in [3.05, 3.63) is 17.7 Å².